The first kappa shape index (κ1) is 12.6. The van der Waals surface area contributed by atoms with Crippen molar-refractivity contribution in [1.82, 2.24) is 9.88 Å². The van der Waals surface area contributed by atoms with Crippen molar-refractivity contribution in [2.24, 2.45) is 0 Å². The van der Waals surface area contributed by atoms with E-state index < -0.39 is 0 Å². The average molecular weight is 293 g/mol. The number of rotatable bonds is 2. The molecule has 1 amide bonds. The van der Waals surface area contributed by atoms with Gasteiger partial charge in [0.25, 0.3) is 5.91 Å². The quantitative estimate of drug-likeness (QED) is 0.853. The molecule has 0 unspecified atom stereocenters. The van der Waals surface area contributed by atoms with Crippen molar-refractivity contribution >= 4 is 33.7 Å². The Morgan fingerprint density at radius 1 is 1.21 bits per heavy atom. The van der Waals surface area contributed by atoms with Gasteiger partial charge in [-0.25, -0.2) is 4.98 Å². The molecule has 3 heterocycles. The highest BCUT2D eigenvalue weighted by Crippen LogP contribution is 2.22. The van der Waals surface area contributed by atoms with Crippen molar-refractivity contribution in [3.8, 4) is 0 Å². The van der Waals surface area contributed by atoms with Crippen molar-refractivity contribution in [1.29, 1.82) is 0 Å². The number of aryl methyl sites for hydroxylation is 1. The Kier molecular flexibility index (Phi) is 3.52. The molecular weight excluding hydrogens is 278 g/mol. The third-order valence-corrected chi connectivity index (χ3v) is 5.15. The predicted octanol–water partition coefficient (Wildman–Crippen LogP) is 2.48. The molecule has 0 N–H and O–H groups in total. The van der Waals surface area contributed by atoms with Gasteiger partial charge in [-0.2, -0.15) is 0 Å². The Balaban J connectivity index is 1.64. The maximum Gasteiger partial charge on any atom is 0.264 e. The van der Waals surface area contributed by atoms with Gasteiger partial charge in [0.1, 0.15) is 0 Å². The minimum Gasteiger partial charge on any atom is -0.345 e. The van der Waals surface area contributed by atoms with Crippen molar-refractivity contribution in [2.75, 3.05) is 31.1 Å². The van der Waals surface area contributed by atoms with E-state index in [0.29, 0.717) is 0 Å². The predicted molar refractivity (Wildman–Crippen MR) is 79.3 cm³/mol. The Bertz CT molecular complexity index is 556. The highest BCUT2D eigenvalue weighted by molar-refractivity contribution is 7.13. The molecule has 1 fully saturated rings. The summed E-state index contributed by atoms with van der Waals surface area (Å²) < 4.78 is 0. The summed E-state index contributed by atoms with van der Waals surface area (Å²) in [6.07, 6.45) is 1.83. The molecule has 0 radical (unpaired) electrons. The van der Waals surface area contributed by atoms with Crippen LogP contribution in [0, 0.1) is 6.92 Å². The van der Waals surface area contributed by atoms with Crippen LogP contribution < -0.4 is 4.90 Å². The Morgan fingerprint density at radius 3 is 2.58 bits per heavy atom. The fourth-order valence-corrected chi connectivity index (χ4v) is 3.80. The first-order valence-corrected chi connectivity index (χ1v) is 7.99. The van der Waals surface area contributed by atoms with Crippen LogP contribution in [-0.2, 0) is 0 Å². The Morgan fingerprint density at radius 2 is 2.00 bits per heavy atom. The lowest BCUT2D eigenvalue weighted by Gasteiger charge is -2.34. The van der Waals surface area contributed by atoms with Crippen LogP contribution >= 0.6 is 22.7 Å². The van der Waals surface area contributed by atoms with Gasteiger partial charge in [-0.15, -0.1) is 22.7 Å². The monoisotopic (exact) mass is 293 g/mol. The summed E-state index contributed by atoms with van der Waals surface area (Å²) in [5.41, 5.74) is 1.08. The van der Waals surface area contributed by atoms with E-state index in [9.17, 15) is 4.79 Å². The van der Waals surface area contributed by atoms with Gasteiger partial charge in [0.2, 0.25) is 0 Å². The number of thiophene rings is 1. The first-order valence-electron chi connectivity index (χ1n) is 6.23. The smallest absolute Gasteiger partial charge is 0.264 e. The summed E-state index contributed by atoms with van der Waals surface area (Å²) in [6, 6.07) is 2.00. The Hall–Kier alpha value is -1.40. The highest BCUT2D eigenvalue weighted by atomic mass is 32.1. The van der Waals surface area contributed by atoms with E-state index >= 15 is 0 Å². The second-order valence-electron chi connectivity index (χ2n) is 4.53. The fourth-order valence-electron chi connectivity index (χ4n) is 2.21. The summed E-state index contributed by atoms with van der Waals surface area (Å²) >= 11 is 3.19. The number of piperazine rings is 1. The number of anilines is 1. The summed E-state index contributed by atoms with van der Waals surface area (Å²) in [5, 5.41) is 5.02. The molecule has 0 aliphatic carbocycles. The van der Waals surface area contributed by atoms with E-state index in [-0.39, 0.29) is 5.91 Å². The zero-order chi connectivity index (χ0) is 13.2. The summed E-state index contributed by atoms with van der Waals surface area (Å²) in [4.78, 5) is 21.8. The maximum atomic E-state index is 12.4. The first-order chi connectivity index (χ1) is 9.25. The van der Waals surface area contributed by atoms with E-state index in [2.05, 4.69) is 9.88 Å². The summed E-state index contributed by atoms with van der Waals surface area (Å²) in [7, 11) is 0. The van der Waals surface area contributed by atoms with E-state index in [1.807, 2.05) is 34.8 Å². The van der Waals surface area contributed by atoms with Gasteiger partial charge in [0.15, 0.2) is 5.13 Å². The topological polar surface area (TPSA) is 36.4 Å². The molecule has 1 aliphatic rings. The number of thiazole rings is 1. The van der Waals surface area contributed by atoms with Crippen molar-refractivity contribution in [3.05, 3.63) is 33.5 Å². The fraction of sp³-hybridized carbons (Fsp3) is 0.385. The minimum absolute atomic E-state index is 0.172. The number of hydrogen-bond acceptors (Lipinski definition) is 5. The van der Waals surface area contributed by atoms with E-state index in [0.717, 1.165) is 41.8 Å². The molecule has 6 heteroatoms. The van der Waals surface area contributed by atoms with Crippen molar-refractivity contribution in [2.45, 2.75) is 6.92 Å². The zero-order valence-electron chi connectivity index (χ0n) is 10.7. The van der Waals surface area contributed by atoms with E-state index in [4.69, 9.17) is 0 Å². The van der Waals surface area contributed by atoms with Gasteiger partial charge in [-0.3, -0.25) is 4.79 Å². The van der Waals surface area contributed by atoms with E-state index in [1.165, 1.54) is 11.3 Å². The number of hydrogen-bond donors (Lipinski definition) is 0. The molecule has 0 aromatic carbocycles. The molecular formula is C13H15N3OS2. The molecule has 2 aromatic rings. The molecule has 2 aromatic heterocycles. The number of carbonyl (C=O) groups is 1. The molecule has 0 bridgehead atoms. The van der Waals surface area contributed by atoms with Crippen LogP contribution in [0.2, 0.25) is 0 Å². The molecule has 0 spiro atoms. The van der Waals surface area contributed by atoms with Gasteiger partial charge in [-0.1, -0.05) is 0 Å². The number of nitrogens with zero attached hydrogens (tertiary/aromatic N) is 3. The average Bonchev–Trinajstić information content (AvgIpc) is 3.09. The van der Waals surface area contributed by atoms with Crippen LogP contribution in [0.15, 0.2) is 23.0 Å². The lowest BCUT2D eigenvalue weighted by Crippen LogP contribution is -2.48. The highest BCUT2D eigenvalue weighted by Gasteiger charge is 2.24. The largest absolute Gasteiger partial charge is 0.345 e. The summed E-state index contributed by atoms with van der Waals surface area (Å²) in [5.74, 6) is 0.172. The molecule has 3 rings (SSSR count). The van der Waals surface area contributed by atoms with Gasteiger partial charge in [0.05, 0.1) is 4.88 Å². The number of amides is 1. The molecule has 1 aliphatic heterocycles. The molecule has 100 valence electrons. The molecule has 19 heavy (non-hydrogen) atoms. The molecule has 4 nitrogen and oxygen atoms in total. The van der Waals surface area contributed by atoms with Gasteiger partial charge >= 0.3 is 0 Å². The van der Waals surface area contributed by atoms with Crippen LogP contribution in [0.5, 0.6) is 0 Å². The standard InChI is InChI=1S/C13H15N3OS2/c1-10-2-8-18-11(10)12(17)15-4-6-16(7-5-15)13-14-3-9-19-13/h2-3,8-9H,4-7H2,1H3. The van der Waals surface area contributed by atoms with Crippen LogP contribution in [0.4, 0.5) is 5.13 Å². The Labute approximate surface area is 120 Å². The maximum absolute atomic E-state index is 12.4. The van der Waals surface area contributed by atoms with Crippen LogP contribution in [0.25, 0.3) is 0 Å². The molecule has 1 saturated heterocycles. The molecule has 0 atom stereocenters. The number of aromatic nitrogens is 1. The lowest BCUT2D eigenvalue weighted by atomic mass is 10.2. The van der Waals surface area contributed by atoms with Crippen LogP contribution in [0.1, 0.15) is 15.2 Å². The second kappa shape index (κ2) is 5.30. The van der Waals surface area contributed by atoms with Gasteiger partial charge in [0, 0.05) is 37.8 Å². The lowest BCUT2D eigenvalue weighted by molar-refractivity contribution is 0.0751. The minimum atomic E-state index is 0.172. The van der Waals surface area contributed by atoms with E-state index in [1.54, 1.807) is 11.3 Å². The van der Waals surface area contributed by atoms with Crippen molar-refractivity contribution < 1.29 is 4.79 Å². The normalized spacial score (nSPS) is 15.8. The zero-order valence-corrected chi connectivity index (χ0v) is 12.3. The van der Waals surface area contributed by atoms with Gasteiger partial charge in [-0.05, 0) is 23.9 Å². The van der Waals surface area contributed by atoms with Gasteiger partial charge < -0.3 is 9.80 Å². The molecule has 0 saturated carbocycles. The van der Waals surface area contributed by atoms with Crippen LogP contribution in [-0.4, -0.2) is 42.0 Å². The summed E-state index contributed by atoms with van der Waals surface area (Å²) in [6.45, 7) is 5.27. The third-order valence-electron chi connectivity index (χ3n) is 3.31. The second-order valence-corrected chi connectivity index (χ2v) is 6.32. The van der Waals surface area contributed by atoms with Crippen LogP contribution in [0.3, 0.4) is 0 Å². The third kappa shape index (κ3) is 2.50. The SMILES string of the molecule is Cc1ccsc1C(=O)N1CCN(c2nccs2)CC1. The van der Waals surface area contributed by atoms with Crippen molar-refractivity contribution in [3.63, 3.8) is 0 Å². The number of carbonyl (C=O) groups excluding carboxylic acids is 1.